The Labute approximate surface area is 139 Å². The standard InChI is InChI=1S/C19H20O5/c1-10(20)23-14-6-8-19(22)12-3-2-7-18(19)15-11(9-12)4-5-13(21)16(15)24-17(14)18/h4-6,12,17,21-22H,2-3,7-9H2,1H3/t12-,17+,18+,19-/m1/s1. The molecule has 1 aromatic rings. The summed E-state index contributed by atoms with van der Waals surface area (Å²) >= 11 is 0. The summed E-state index contributed by atoms with van der Waals surface area (Å²) in [6.45, 7) is 1.37. The van der Waals surface area contributed by atoms with Crippen LogP contribution in [0.4, 0.5) is 0 Å². The minimum absolute atomic E-state index is 0.0890. The summed E-state index contributed by atoms with van der Waals surface area (Å²) in [5.74, 6) is 0.782. The number of phenols is 1. The molecule has 24 heavy (non-hydrogen) atoms. The van der Waals surface area contributed by atoms with Crippen LogP contribution in [0.2, 0.25) is 0 Å². The van der Waals surface area contributed by atoms with Crippen molar-refractivity contribution in [3.63, 3.8) is 0 Å². The summed E-state index contributed by atoms with van der Waals surface area (Å²) in [6, 6.07) is 3.61. The summed E-state index contributed by atoms with van der Waals surface area (Å²) < 4.78 is 11.6. The molecule has 0 unspecified atom stereocenters. The topological polar surface area (TPSA) is 76.0 Å². The normalized spacial score (nSPS) is 38.0. The van der Waals surface area contributed by atoms with E-state index < -0.39 is 23.1 Å². The highest BCUT2D eigenvalue weighted by Crippen LogP contribution is 2.67. The van der Waals surface area contributed by atoms with Crippen LogP contribution in [0.25, 0.3) is 0 Å². The first kappa shape index (κ1) is 14.3. The Bertz CT molecular complexity index is 797. The molecule has 2 N–H and O–H groups in total. The predicted octanol–water partition coefficient (Wildman–Crippen LogP) is 2.33. The van der Waals surface area contributed by atoms with E-state index in [4.69, 9.17) is 9.47 Å². The minimum Gasteiger partial charge on any atom is -0.504 e. The summed E-state index contributed by atoms with van der Waals surface area (Å²) in [5, 5.41) is 22.0. The monoisotopic (exact) mass is 328 g/mol. The molecule has 5 heteroatoms. The van der Waals surface area contributed by atoms with Crippen molar-refractivity contribution in [2.24, 2.45) is 5.92 Å². The lowest BCUT2D eigenvalue weighted by atomic mass is 9.47. The van der Waals surface area contributed by atoms with E-state index in [1.807, 2.05) is 6.07 Å². The van der Waals surface area contributed by atoms with Crippen molar-refractivity contribution in [1.29, 1.82) is 0 Å². The number of aliphatic hydroxyl groups is 1. The fourth-order valence-electron chi connectivity index (χ4n) is 5.70. The van der Waals surface area contributed by atoms with E-state index in [2.05, 4.69) is 0 Å². The van der Waals surface area contributed by atoms with Gasteiger partial charge < -0.3 is 19.7 Å². The van der Waals surface area contributed by atoms with Crippen molar-refractivity contribution in [2.75, 3.05) is 0 Å². The van der Waals surface area contributed by atoms with E-state index in [1.165, 1.54) is 6.92 Å². The first-order valence-corrected chi connectivity index (χ1v) is 8.60. The van der Waals surface area contributed by atoms with E-state index >= 15 is 0 Å². The molecule has 0 radical (unpaired) electrons. The van der Waals surface area contributed by atoms with Crippen molar-refractivity contribution in [3.05, 3.63) is 35.1 Å². The van der Waals surface area contributed by atoms with Crippen molar-refractivity contribution in [3.8, 4) is 11.5 Å². The minimum atomic E-state index is -0.911. The molecule has 2 bridgehead atoms. The molecule has 0 amide bonds. The largest absolute Gasteiger partial charge is 0.504 e. The summed E-state index contributed by atoms with van der Waals surface area (Å²) in [7, 11) is 0. The number of aromatic hydroxyl groups is 1. The van der Waals surface area contributed by atoms with E-state index in [1.54, 1.807) is 12.1 Å². The van der Waals surface area contributed by atoms with Gasteiger partial charge in [-0.2, -0.15) is 0 Å². The number of esters is 1. The molecule has 1 aromatic carbocycles. The van der Waals surface area contributed by atoms with E-state index in [0.29, 0.717) is 17.9 Å². The molecular weight excluding hydrogens is 308 g/mol. The van der Waals surface area contributed by atoms with Gasteiger partial charge in [-0.3, -0.25) is 4.79 Å². The maximum atomic E-state index is 11.7. The number of phenolic OH excluding ortho intramolecular Hbond substituents is 1. The van der Waals surface area contributed by atoms with Crippen molar-refractivity contribution in [1.82, 2.24) is 0 Å². The highest BCUT2D eigenvalue weighted by molar-refractivity contribution is 5.69. The third-order valence-corrected chi connectivity index (χ3v) is 6.52. The molecule has 3 aliphatic carbocycles. The summed E-state index contributed by atoms with van der Waals surface area (Å²) in [6.07, 6.45) is 5.25. The summed E-state index contributed by atoms with van der Waals surface area (Å²) in [4.78, 5) is 11.5. The Balaban J connectivity index is 1.80. The molecular formula is C19H20O5. The van der Waals surface area contributed by atoms with Gasteiger partial charge in [-0.05, 0) is 49.3 Å². The maximum Gasteiger partial charge on any atom is 0.307 e. The number of carbonyl (C=O) groups is 1. The number of carbonyl (C=O) groups excluding carboxylic acids is 1. The Kier molecular flexibility index (Phi) is 2.59. The quantitative estimate of drug-likeness (QED) is 0.774. The van der Waals surface area contributed by atoms with Gasteiger partial charge in [0.15, 0.2) is 17.6 Å². The summed E-state index contributed by atoms with van der Waals surface area (Å²) in [5.41, 5.74) is 0.537. The number of hydrogen-bond donors (Lipinski definition) is 2. The molecule has 4 atom stereocenters. The van der Waals surface area contributed by atoms with Gasteiger partial charge >= 0.3 is 5.97 Å². The Morgan fingerprint density at radius 3 is 3.04 bits per heavy atom. The van der Waals surface area contributed by atoms with Gasteiger partial charge in [0.25, 0.3) is 0 Å². The highest BCUT2D eigenvalue weighted by atomic mass is 16.6. The zero-order chi connectivity index (χ0) is 16.7. The molecule has 1 heterocycles. The van der Waals surface area contributed by atoms with Crippen LogP contribution in [-0.4, -0.2) is 27.9 Å². The lowest BCUT2D eigenvalue weighted by Gasteiger charge is -2.59. The van der Waals surface area contributed by atoms with Crippen LogP contribution in [-0.2, 0) is 21.4 Å². The van der Waals surface area contributed by atoms with Crippen LogP contribution >= 0.6 is 0 Å². The lowest BCUT2D eigenvalue weighted by molar-refractivity contribution is -0.158. The number of rotatable bonds is 1. The second-order valence-electron chi connectivity index (χ2n) is 7.54. The van der Waals surface area contributed by atoms with Gasteiger partial charge in [0.2, 0.25) is 0 Å². The molecule has 1 aliphatic heterocycles. The molecule has 1 saturated carbocycles. The Morgan fingerprint density at radius 1 is 1.42 bits per heavy atom. The van der Waals surface area contributed by atoms with Crippen LogP contribution in [0, 0.1) is 5.92 Å². The third kappa shape index (κ3) is 1.43. The molecule has 5 nitrogen and oxygen atoms in total. The molecule has 0 aromatic heterocycles. The highest BCUT2D eigenvalue weighted by Gasteiger charge is 2.70. The van der Waals surface area contributed by atoms with Crippen LogP contribution in [0.1, 0.15) is 43.7 Å². The number of benzene rings is 1. The molecule has 5 rings (SSSR count). The number of ether oxygens (including phenoxy) is 2. The van der Waals surface area contributed by atoms with Gasteiger partial charge in [0.05, 0.1) is 11.0 Å². The Morgan fingerprint density at radius 2 is 2.25 bits per heavy atom. The lowest BCUT2D eigenvalue weighted by Crippen LogP contribution is -2.67. The average molecular weight is 328 g/mol. The zero-order valence-electron chi connectivity index (χ0n) is 13.5. The van der Waals surface area contributed by atoms with E-state index in [9.17, 15) is 15.0 Å². The molecule has 4 aliphatic rings. The van der Waals surface area contributed by atoms with E-state index in [0.717, 1.165) is 36.8 Å². The van der Waals surface area contributed by atoms with Crippen LogP contribution in [0.3, 0.4) is 0 Å². The molecule has 1 fully saturated rings. The molecule has 1 spiro atoms. The SMILES string of the molecule is CC(=O)OC1=CC[C@@]2(O)[C@@H]3CCC[C@@]24c2c(ccc(O)c2O[C@@H]14)C3. The van der Waals surface area contributed by atoms with Gasteiger partial charge in [0, 0.05) is 12.5 Å². The smallest absolute Gasteiger partial charge is 0.307 e. The second kappa shape index (κ2) is 4.33. The Hall–Kier alpha value is -2.01. The van der Waals surface area contributed by atoms with Crippen LogP contribution in [0.5, 0.6) is 11.5 Å². The first-order chi connectivity index (χ1) is 11.5. The zero-order valence-corrected chi connectivity index (χ0v) is 13.5. The average Bonchev–Trinajstić information content (AvgIpc) is 2.86. The van der Waals surface area contributed by atoms with Gasteiger partial charge in [0.1, 0.15) is 5.76 Å². The number of hydrogen-bond acceptors (Lipinski definition) is 5. The molecule has 126 valence electrons. The maximum absolute atomic E-state index is 11.7. The second-order valence-corrected chi connectivity index (χ2v) is 7.54. The van der Waals surface area contributed by atoms with Crippen LogP contribution < -0.4 is 4.74 Å². The van der Waals surface area contributed by atoms with Crippen molar-refractivity contribution < 1.29 is 24.5 Å². The fourth-order valence-corrected chi connectivity index (χ4v) is 5.70. The van der Waals surface area contributed by atoms with Gasteiger partial charge in [-0.25, -0.2) is 0 Å². The van der Waals surface area contributed by atoms with Crippen molar-refractivity contribution >= 4 is 5.97 Å². The van der Waals surface area contributed by atoms with Gasteiger partial charge in [-0.15, -0.1) is 0 Å². The van der Waals surface area contributed by atoms with Crippen LogP contribution in [0.15, 0.2) is 24.0 Å². The fraction of sp³-hybridized carbons (Fsp3) is 0.526. The first-order valence-electron chi connectivity index (χ1n) is 8.60. The van der Waals surface area contributed by atoms with Gasteiger partial charge in [-0.1, -0.05) is 12.5 Å². The molecule has 0 saturated heterocycles. The van der Waals surface area contributed by atoms with Crippen molar-refractivity contribution in [2.45, 2.75) is 56.1 Å². The van der Waals surface area contributed by atoms with E-state index in [-0.39, 0.29) is 11.7 Å². The third-order valence-electron chi connectivity index (χ3n) is 6.52. The predicted molar refractivity (Wildman–Crippen MR) is 84.7 cm³/mol.